The van der Waals surface area contributed by atoms with Gasteiger partial charge in [0.2, 0.25) is 0 Å². The molecule has 20 heavy (non-hydrogen) atoms. The molecule has 2 aromatic rings. The summed E-state index contributed by atoms with van der Waals surface area (Å²) in [7, 11) is 1.35. The highest BCUT2D eigenvalue weighted by molar-refractivity contribution is 5.43. The highest BCUT2D eigenvalue weighted by Gasteiger charge is 2.25. The average Bonchev–Trinajstić information content (AvgIpc) is 2.62. The quantitative estimate of drug-likeness (QED) is 0.936. The van der Waals surface area contributed by atoms with Crippen LogP contribution in [-0.4, -0.2) is 7.11 Å². The summed E-state index contributed by atoms with van der Waals surface area (Å²) in [6.07, 6.45) is 0. The van der Waals surface area contributed by atoms with E-state index in [2.05, 4.69) is 0 Å². The van der Waals surface area contributed by atoms with Gasteiger partial charge in [-0.05, 0) is 26.3 Å². The van der Waals surface area contributed by atoms with Crippen LogP contribution in [-0.2, 0) is 0 Å². The Hall–Kier alpha value is -1.88. The molecule has 2 rings (SSSR count). The lowest BCUT2D eigenvalue weighted by Crippen LogP contribution is -2.17. The van der Waals surface area contributed by atoms with Gasteiger partial charge in [-0.2, -0.15) is 0 Å². The molecule has 108 valence electrons. The number of hydrogen-bond donors (Lipinski definition) is 1. The number of aryl methyl sites for hydroxylation is 2. The maximum atomic E-state index is 14.1. The third-order valence-corrected chi connectivity index (χ3v) is 3.53. The Bertz CT molecular complexity index is 627. The van der Waals surface area contributed by atoms with Crippen LogP contribution in [0, 0.1) is 32.4 Å². The minimum absolute atomic E-state index is 0.118. The van der Waals surface area contributed by atoms with Gasteiger partial charge >= 0.3 is 0 Å². The molecule has 0 amide bonds. The molecule has 0 aliphatic heterocycles. The van der Waals surface area contributed by atoms with Crippen molar-refractivity contribution in [3.8, 4) is 5.75 Å². The van der Waals surface area contributed by atoms with E-state index in [4.69, 9.17) is 14.9 Å². The van der Waals surface area contributed by atoms with Crippen LogP contribution in [0.3, 0.4) is 0 Å². The first-order chi connectivity index (χ1) is 9.36. The highest BCUT2D eigenvalue weighted by Crippen LogP contribution is 2.33. The SMILES string of the molecule is COc1cc(F)c(C(N)c2c(C)oc(C)c2C)c(F)c1. The third kappa shape index (κ3) is 2.29. The minimum Gasteiger partial charge on any atom is -0.497 e. The van der Waals surface area contributed by atoms with Crippen molar-refractivity contribution in [2.45, 2.75) is 26.8 Å². The molecule has 0 saturated carbocycles. The molecule has 5 heteroatoms. The molecule has 1 aromatic carbocycles. The van der Waals surface area contributed by atoms with E-state index < -0.39 is 17.7 Å². The summed E-state index contributed by atoms with van der Waals surface area (Å²) in [4.78, 5) is 0. The van der Waals surface area contributed by atoms with Crippen molar-refractivity contribution in [1.82, 2.24) is 0 Å². The van der Waals surface area contributed by atoms with E-state index in [0.29, 0.717) is 17.1 Å². The van der Waals surface area contributed by atoms with Gasteiger partial charge < -0.3 is 14.9 Å². The molecule has 0 saturated heterocycles. The monoisotopic (exact) mass is 281 g/mol. The van der Waals surface area contributed by atoms with Crippen LogP contribution in [0.2, 0.25) is 0 Å². The van der Waals surface area contributed by atoms with Gasteiger partial charge in [0, 0.05) is 23.3 Å². The molecule has 0 aliphatic carbocycles. The van der Waals surface area contributed by atoms with E-state index >= 15 is 0 Å². The van der Waals surface area contributed by atoms with Crippen LogP contribution in [0.4, 0.5) is 8.78 Å². The Morgan fingerprint density at radius 1 is 1.05 bits per heavy atom. The molecule has 0 radical (unpaired) electrons. The van der Waals surface area contributed by atoms with Gasteiger partial charge in [-0.1, -0.05) is 0 Å². The van der Waals surface area contributed by atoms with E-state index in [1.165, 1.54) is 7.11 Å². The van der Waals surface area contributed by atoms with Crippen LogP contribution < -0.4 is 10.5 Å². The standard InChI is InChI=1S/C15H17F2NO2/c1-7-8(2)20-9(3)13(7)15(18)14-11(16)5-10(19-4)6-12(14)17/h5-6,15H,18H2,1-4H3. The van der Waals surface area contributed by atoms with Crippen molar-refractivity contribution in [3.05, 3.63) is 52.0 Å². The largest absolute Gasteiger partial charge is 0.497 e. The van der Waals surface area contributed by atoms with E-state index in [1.54, 1.807) is 13.8 Å². The fourth-order valence-corrected chi connectivity index (χ4v) is 2.39. The maximum Gasteiger partial charge on any atom is 0.134 e. The second-order valence-electron chi connectivity index (χ2n) is 4.74. The van der Waals surface area contributed by atoms with Gasteiger partial charge in [0.05, 0.1) is 13.2 Å². The van der Waals surface area contributed by atoms with E-state index in [9.17, 15) is 8.78 Å². The Morgan fingerprint density at radius 3 is 2.00 bits per heavy atom. The second kappa shape index (κ2) is 5.25. The van der Waals surface area contributed by atoms with Gasteiger partial charge in [0.25, 0.3) is 0 Å². The number of furan rings is 1. The molecule has 2 N–H and O–H groups in total. The van der Waals surface area contributed by atoms with Crippen LogP contribution >= 0.6 is 0 Å². The highest BCUT2D eigenvalue weighted by atomic mass is 19.1. The van der Waals surface area contributed by atoms with Gasteiger partial charge in [-0.25, -0.2) is 8.78 Å². The van der Waals surface area contributed by atoms with Gasteiger partial charge in [0.1, 0.15) is 28.9 Å². The molecule has 0 aliphatic rings. The number of nitrogens with two attached hydrogens (primary N) is 1. The van der Waals surface area contributed by atoms with Crippen molar-refractivity contribution in [1.29, 1.82) is 0 Å². The van der Waals surface area contributed by atoms with Crippen molar-refractivity contribution < 1.29 is 17.9 Å². The van der Waals surface area contributed by atoms with Crippen molar-refractivity contribution in [2.24, 2.45) is 5.73 Å². The zero-order chi connectivity index (χ0) is 15.0. The Kier molecular flexibility index (Phi) is 3.81. The van der Waals surface area contributed by atoms with E-state index in [0.717, 1.165) is 17.7 Å². The molecule has 0 fully saturated rings. The summed E-state index contributed by atoms with van der Waals surface area (Å²) in [5.74, 6) is -0.0730. The Labute approximate surface area is 116 Å². The van der Waals surface area contributed by atoms with Crippen molar-refractivity contribution in [3.63, 3.8) is 0 Å². The molecule has 0 spiro atoms. The summed E-state index contributed by atoms with van der Waals surface area (Å²) in [5.41, 5.74) is 7.29. The maximum absolute atomic E-state index is 14.1. The van der Waals surface area contributed by atoms with Crippen LogP contribution in [0.25, 0.3) is 0 Å². The van der Waals surface area contributed by atoms with E-state index in [-0.39, 0.29) is 11.3 Å². The summed E-state index contributed by atoms with van der Waals surface area (Å²) in [5, 5.41) is 0. The molecule has 1 unspecified atom stereocenters. The van der Waals surface area contributed by atoms with Crippen LogP contribution in [0.1, 0.15) is 34.3 Å². The smallest absolute Gasteiger partial charge is 0.134 e. The zero-order valence-electron chi connectivity index (χ0n) is 11.9. The number of methoxy groups -OCH3 is 1. The lowest BCUT2D eigenvalue weighted by Gasteiger charge is -2.15. The Balaban J connectivity index is 2.56. The predicted octanol–water partition coefficient (Wildman–Crippen LogP) is 3.54. The molecular weight excluding hydrogens is 264 g/mol. The van der Waals surface area contributed by atoms with Crippen molar-refractivity contribution in [2.75, 3.05) is 7.11 Å². The minimum atomic E-state index is -0.918. The predicted molar refractivity (Wildman–Crippen MR) is 71.9 cm³/mol. The van der Waals surface area contributed by atoms with Gasteiger partial charge in [-0.3, -0.25) is 0 Å². The molecular formula is C15H17F2NO2. The lowest BCUT2D eigenvalue weighted by molar-refractivity contribution is 0.404. The molecule has 1 atom stereocenters. The fourth-order valence-electron chi connectivity index (χ4n) is 2.39. The van der Waals surface area contributed by atoms with Crippen molar-refractivity contribution >= 4 is 0 Å². The number of halogens is 2. The number of rotatable bonds is 3. The van der Waals surface area contributed by atoms with Crippen LogP contribution in [0.15, 0.2) is 16.5 Å². The number of ether oxygens (including phenoxy) is 1. The lowest BCUT2D eigenvalue weighted by atomic mass is 9.95. The molecule has 3 nitrogen and oxygen atoms in total. The molecule has 0 bridgehead atoms. The first-order valence-electron chi connectivity index (χ1n) is 6.21. The van der Waals surface area contributed by atoms with Gasteiger partial charge in [-0.15, -0.1) is 0 Å². The third-order valence-electron chi connectivity index (χ3n) is 3.53. The summed E-state index contributed by atoms with van der Waals surface area (Å²) < 4.78 is 38.4. The first-order valence-corrected chi connectivity index (χ1v) is 6.21. The summed E-state index contributed by atoms with van der Waals surface area (Å²) in [6.45, 7) is 5.34. The summed E-state index contributed by atoms with van der Waals surface area (Å²) >= 11 is 0. The van der Waals surface area contributed by atoms with Crippen LogP contribution in [0.5, 0.6) is 5.75 Å². The zero-order valence-corrected chi connectivity index (χ0v) is 11.9. The topological polar surface area (TPSA) is 48.4 Å². The van der Waals surface area contributed by atoms with Gasteiger partial charge in [0.15, 0.2) is 0 Å². The average molecular weight is 281 g/mol. The molecule has 1 heterocycles. The first kappa shape index (κ1) is 14.5. The number of benzene rings is 1. The normalized spacial score (nSPS) is 12.6. The summed E-state index contributed by atoms with van der Waals surface area (Å²) in [6, 6.07) is 1.32. The Morgan fingerprint density at radius 2 is 1.60 bits per heavy atom. The fraction of sp³-hybridized carbons (Fsp3) is 0.333. The number of hydrogen-bond acceptors (Lipinski definition) is 3. The molecule has 1 aromatic heterocycles. The van der Waals surface area contributed by atoms with E-state index in [1.807, 2.05) is 6.92 Å². The second-order valence-corrected chi connectivity index (χ2v) is 4.74.